The van der Waals surface area contributed by atoms with Gasteiger partial charge in [0.2, 0.25) is 11.8 Å². The van der Waals surface area contributed by atoms with Gasteiger partial charge in [0.1, 0.15) is 6.04 Å². The number of hydrogen-bond acceptors (Lipinski definition) is 8. The number of carbonyl (C=O) groups excluding carboxylic acids is 3. The van der Waals surface area contributed by atoms with Crippen LogP contribution in [-0.2, 0) is 45.9 Å². The van der Waals surface area contributed by atoms with Gasteiger partial charge in [-0.05, 0) is 18.6 Å². The van der Waals surface area contributed by atoms with Crippen molar-refractivity contribution in [1.29, 1.82) is 0 Å². The molecule has 0 bridgehead atoms. The number of amides is 3. The summed E-state index contributed by atoms with van der Waals surface area (Å²) in [7, 11) is -1.36. The number of carbonyl (C=O) groups is 3. The molecule has 2 aliphatic rings. The SMILES string of the molecule is O=C1CCC(N2Cc3c(cccc3S(=O)CCOCCOCCOCCOCCBr)C2=O)C(=O)N1. The fourth-order valence-corrected chi connectivity index (χ4v) is 5.23. The summed E-state index contributed by atoms with van der Waals surface area (Å²) in [4.78, 5) is 38.6. The Morgan fingerprint density at radius 1 is 0.943 bits per heavy atom. The Bertz CT molecular complexity index is 916. The molecule has 1 fully saturated rings. The zero-order valence-electron chi connectivity index (χ0n) is 19.5. The molecule has 0 saturated carbocycles. The Morgan fingerprint density at radius 3 is 2.20 bits per heavy atom. The Labute approximate surface area is 215 Å². The number of nitrogens with zero attached hydrogens (tertiary/aromatic N) is 1. The first kappa shape index (κ1) is 27.9. The third-order valence-corrected chi connectivity index (χ3v) is 7.27. The van der Waals surface area contributed by atoms with Crippen molar-refractivity contribution in [3.63, 3.8) is 0 Å². The van der Waals surface area contributed by atoms with E-state index in [0.29, 0.717) is 62.3 Å². The Kier molecular flexibility index (Phi) is 11.8. The third-order valence-electron chi connectivity index (χ3n) is 5.53. The maximum absolute atomic E-state index is 12.9. The Hall–Kier alpha value is -1.70. The fraction of sp³-hybridized carbons (Fsp3) is 0.609. The molecule has 1 aromatic rings. The fourth-order valence-electron chi connectivity index (χ4n) is 3.83. The zero-order valence-corrected chi connectivity index (χ0v) is 21.9. The van der Waals surface area contributed by atoms with Gasteiger partial charge in [-0.2, -0.15) is 0 Å². The maximum Gasteiger partial charge on any atom is 0.255 e. The highest BCUT2D eigenvalue weighted by Gasteiger charge is 2.40. The van der Waals surface area contributed by atoms with E-state index >= 15 is 0 Å². The first-order valence-corrected chi connectivity index (χ1v) is 14.0. The lowest BCUT2D eigenvalue weighted by Gasteiger charge is -2.29. The van der Waals surface area contributed by atoms with E-state index in [9.17, 15) is 18.6 Å². The number of halogens is 1. The van der Waals surface area contributed by atoms with E-state index in [1.807, 2.05) is 0 Å². The highest BCUT2D eigenvalue weighted by Crippen LogP contribution is 2.31. The number of ether oxygens (including phenoxy) is 4. The number of nitrogens with one attached hydrogen (secondary N) is 1. The van der Waals surface area contributed by atoms with Crippen molar-refractivity contribution < 1.29 is 37.5 Å². The van der Waals surface area contributed by atoms with Gasteiger partial charge in [0.15, 0.2) is 0 Å². The lowest BCUT2D eigenvalue weighted by atomic mass is 10.0. The molecule has 3 rings (SSSR count). The van der Waals surface area contributed by atoms with E-state index in [-0.39, 0.29) is 43.6 Å². The highest BCUT2D eigenvalue weighted by molar-refractivity contribution is 9.09. The van der Waals surface area contributed by atoms with Gasteiger partial charge in [0.05, 0.1) is 69.4 Å². The van der Waals surface area contributed by atoms with Crippen LogP contribution in [0.4, 0.5) is 0 Å². The van der Waals surface area contributed by atoms with Gasteiger partial charge >= 0.3 is 0 Å². The second-order valence-electron chi connectivity index (χ2n) is 7.87. The molecule has 2 aliphatic heterocycles. The quantitative estimate of drug-likeness (QED) is 0.176. The highest BCUT2D eigenvalue weighted by atomic mass is 79.9. The average Bonchev–Trinajstić information content (AvgIpc) is 3.18. The molecule has 1 N–H and O–H groups in total. The molecule has 10 nitrogen and oxygen atoms in total. The number of imide groups is 1. The second kappa shape index (κ2) is 14.8. The van der Waals surface area contributed by atoms with E-state index in [1.165, 1.54) is 4.90 Å². The Morgan fingerprint density at radius 2 is 1.57 bits per heavy atom. The third kappa shape index (κ3) is 8.16. The maximum atomic E-state index is 12.9. The van der Waals surface area contributed by atoms with Gasteiger partial charge in [0, 0.05) is 34.3 Å². The molecule has 0 aliphatic carbocycles. The van der Waals surface area contributed by atoms with Crippen molar-refractivity contribution in [2.24, 2.45) is 0 Å². The largest absolute Gasteiger partial charge is 0.378 e. The number of hydrogen-bond donors (Lipinski definition) is 1. The number of piperidine rings is 1. The lowest BCUT2D eigenvalue weighted by molar-refractivity contribution is -0.136. The molecule has 2 heterocycles. The summed E-state index contributed by atoms with van der Waals surface area (Å²) in [5.74, 6) is -0.799. The molecule has 1 saturated heterocycles. The minimum absolute atomic E-state index is 0.190. The van der Waals surface area contributed by atoms with Crippen molar-refractivity contribution in [3.8, 4) is 0 Å². The van der Waals surface area contributed by atoms with Crippen LogP contribution in [0.15, 0.2) is 23.1 Å². The van der Waals surface area contributed by atoms with Crippen LogP contribution in [0.2, 0.25) is 0 Å². The van der Waals surface area contributed by atoms with E-state index in [0.717, 1.165) is 5.33 Å². The van der Waals surface area contributed by atoms with E-state index in [2.05, 4.69) is 21.2 Å². The molecular weight excluding hydrogens is 544 g/mol. The molecule has 2 unspecified atom stereocenters. The summed E-state index contributed by atoms with van der Waals surface area (Å²) in [5.41, 5.74) is 1.12. The number of alkyl halides is 1. The number of fused-ring (bicyclic) bond motifs is 1. The van der Waals surface area contributed by atoms with Crippen LogP contribution in [-0.4, -0.2) is 96.8 Å². The van der Waals surface area contributed by atoms with Crippen LogP contribution < -0.4 is 5.32 Å². The molecule has 0 spiro atoms. The van der Waals surface area contributed by atoms with Crippen molar-refractivity contribution in [3.05, 3.63) is 29.3 Å². The molecule has 0 radical (unpaired) electrons. The predicted molar refractivity (Wildman–Crippen MR) is 131 cm³/mol. The number of benzene rings is 1. The topological polar surface area (TPSA) is 120 Å². The lowest BCUT2D eigenvalue weighted by Crippen LogP contribution is -2.52. The molecule has 1 aromatic carbocycles. The monoisotopic (exact) mass is 574 g/mol. The molecule has 3 amide bonds. The van der Waals surface area contributed by atoms with Gasteiger partial charge in [-0.25, -0.2) is 0 Å². The predicted octanol–water partition coefficient (Wildman–Crippen LogP) is 1.02. The smallest absolute Gasteiger partial charge is 0.255 e. The van der Waals surface area contributed by atoms with Gasteiger partial charge < -0.3 is 23.8 Å². The van der Waals surface area contributed by atoms with Gasteiger partial charge in [-0.3, -0.25) is 23.9 Å². The second-order valence-corrected chi connectivity index (χ2v) is 10.2. The first-order chi connectivity index (χ1) is 17.0. The average molecular weight is 575 g/mol. The number of rotatable bonds is 16. The van der Waals surface area contributed by atoms with Gasteiger partial charge in [-0.15, -0.1) is 0 Å². The van der Waals surface area contributed by atoms with Crippen LogP contribution >= 0.6 is 15.9 Å². The van der Waals surface area contributed by atoms with Crippen LogP contribution in [0.5, 0.6) is 0 Å². The first-order valence-electron chi connectivity index (χ1n) is 11.5. The Balaban J connectivity index is 1.36. The summed E-state index contributed by atoms with van der Waals surface area (Å²) in [6.07, 6.45) is 0.479. The van der Waals surface area contributed by atoms with Gasteiger partial charge in [-0.1, -0.05) is 22.0 Å². The molecular formula is C23H31BrN2O8S. The minimum Gasteiger partial charge on any atom is -0.378 e. The molecule has 35 heavy (non-hydrogen) atoms. The van der Waals surface area contributed by atoms with Crippen LogP contribution in [0.3, 0.4) is 0 Å². The van der Waals surface area contributed by atoms with Crippen molar-refractivity contribution in [2.75, 3.05) is 63.9 Å². The summed E-state index contributed by atoms with van der Waals surface area (Å²) in [6, 6.07) is 4.42. The molecule has 2 atom stereocenters. The zero-order chi connectivity index (χ0) is 25.0. The van der Waals surface area contributed by atoms with Crippen LogP contribution in [0.1, 0.15) is 28.8 Å². The van der Waals surface area contributed by atoms with Crippen molar-refractivity contribution >= 4 is 44.5 Å². The van der Waals surface area contributed by atoms with Crippen molar-refractivity contribution in [1.82, 2.24) is 10.2 Å². The van der Waals surface area contributed by atoms with Crippen LogP contribution in [0.25, 0.3) is 0 Å². The normalized spacial score (nSPS) is 18.6. The summed E-state index contributed by atoms with van der Waals surface area (Å²) >= 11 is 3.28. The van der Waals surface area contributed by atoms with Crippen molar-refractivity contribution in [2.45, 2.75) is 30.3 Å². The van der Waals surface area contributed by atoms with E-state index in [4.69, 9.17) is 18.9 Å². The minimum atomic E-state index is -1.36. The molecule has 12 heteroatoms. The van der Waals surface area contributed by atoms with E-state index in [1.54, 1.807) is 18.2 Å². The summed E-state index contributed by atoms with van der Waals surface area (Å²) in [6.45, 7) is 3.95. The van der Waals surface area contributed by atoms with E-state index < -0.39 is 22.7 Å². The summed E-state index contributed by atoms with van der Waals surface area (Å²) in [5, 5.41) is 3.09. The molecule has 0 aromatic heterocycles. The summed E-state index contributed by atoms with van der Waals surface area (Å²) < 4.78 is 34.5. The molecule has 194 valence electrons. The van der Waals surface area contributed by atoms with Crippen LogP contribution in [0, 0.1) is 0 Å². The standard InChI is InChI=1S/C23H31BrN2O8S/c24-6-7-31-8-9-32-10-11-33-12-13-34-14-15-35(30)20-3-1-2-17-18(20)16-26(23(17)29)19-4-5-21(27)25-22(19)28/h1-3,19H,4-16H2,(H,25,27,28). The van der Waals surface area contributed by atoms with Gasteiger partial charge in [0.25, 0.3) is 5.91 Å².